The SMILES string of the molecule is O=C(NCc1cccc(-n2cncn2)c1)NC1CCC(C(=O)O)CC1. The zero-order valence-corrected chi connectivity index (χ0v) is 13.8. The van der Waals surface area contributed by atoms with Crippen LogP contribution in [0.25, 0.3) is 5.69 Å². The number of hydrogen-bond acceptors (Lipinski definition) is 4. The van der Waals surface area contributed by atoms with Crippen molar-refractivity contribution in [3.63, 3.8) is 0 Å². The number of aromatic nitrogens is 3. The Labute approximate surface area is 145 Å². The van der Waals surface area contributed by atoms with Crippen molar-refractivity contribution in [2.75, 3.05) is 0 Å². The van der Waals surface area contributed by atoms with E-state index >= 15 is 0 Å². The third-order valence-corrected chi connectivity index (χ3v) is 4.46. The van der Waals surface area contributed by atoms with Gasteiger partial charge < -0.3 is 15.7 Å². The van der Waals surface area contributed by atoms with Crippen molar-refractivity contribution in [1.29, 1.82) is 0 Å². The molecule has 0 atom stereocenters. The molecule has 1 fully saturated rings. The quantitative estimate of drug-likeness (QED) is 0.766. The molecular formula is C17H21N5O3. The molecule has 2 amide bonds. The first kappa shape index (κ1) is 16.9. The number of urea groups is 1. The molecule has 1 aromatic carbocycles. The molecule has 0 spiro atoms. The maximum atomic E-state index is 12.0. The number of hydrogen-bond donors (Lipinski definition) is 3. The summed E-state index contributed by atoms with van der Waals surface area (Å²) in [7, 11) is 0. The summed E-state index contributed by atoms with van der Waals surface area (Å²) in [6.07, 6.45) is 5.71. The minimum absolute atomic E-state index is 0.0390. The standard InChI is InChI=1S/C17H21N5O3/c23-16(24)13-4-6-14(7-5-13)21-17(25)19-9-12-2-1-3-15(8-12)22-11-18-10-20-22/h1-3,8,10-11,13-14H,4-7,9H2,(H,23,24)(H2,19,21,25). The predicted molar refractivity (Wildman–Crippen MR) is 90.1 cm³/mol. The smallest absolute Gasteiger partial charge is 0.315 e. The lowest BCUT2D eigenvalue weighted by Gasteiger charge is -2.26. The highest BCUT2D eigenvalue weighted by atomic mass is 16.4. The molecule has 0 saturated heterocycles. The molecule has 8 heteroatoms. The van der Waals surface area contributed by atoms with Gasteiger partial charge in [-0.15, -0.1) is 0 Å². The first-order valence-electron chi connectivity index (χ1n) is 8.33. The van der Waals surface area contributed by atoms with Crippen molar-refractivity contribution in [3.8, 4) is 5.69 Å². The number of carboxylic acids is 1. The van der Waals surface area contributed by atoms with Crippen LogP contribution < -0.4 is 10.6 Å². The molecule has 0 unspecified atom stereocenters. The fourth-order valence-corrected chi connectivity index (χ4v) is 3.05. The van der Waals surface area contributed by atoms with Crippen molar-refractivity contribution in [2.45, 2.75) is 38.3 Å². The second-order valence-corrected chi connectivity index (χ2v) is 6.22. The van der Waals surface area contributed by atoms with E-state index in [1.807, 2.05) is 24.3 Å². The molecule has 3 N–H and O–H groups in total. The maximum Gasteiger partial charge on any atom is 0.315 e. The van der Waals surface area contributed by atoms with E-state index in [1.54, 1.807) is 11.0 Å². The molecule has 25 heavy (non-hydrogen) atoms. The lowest BCUT2D eigenvalue weighted by atomic mass is 9.86. The summed E-state index contributed by atoms with van der Waals surface area (Å²) in [4.78, 5) is 26.9. The fourth-order valence-electron chi connectivity index (χ4n) is 3.05. The molecule has 1 saturated carbocycles. The van der Waals surface area contributed by atoms with E-state index in [0.29, 0.717) is 32.2 Å². The summed E-state index contributed by atoms with van der Waals surface area (Å²) >= 11 is 0. The molecule has 1 heterocycles. The van der Waals surface area contributed by atoms with Crippen molar-refractivity contribution in [1.82, 2.24) is 25.4 Å². The van der Waals surface area contributed by atoms with Crippen LogP contribution in [0.1, 0.15) is 31.2 Å². The second kappa shape index (κ2) is 7.78. The van der Waals surface area contributed by atoms with Gasteiger partial charge in [-0.3, -0.25) is 4.79 Å². The Morgan fingerprint density at radius 1 is 1.24 bits per heavy atom. The number of benzene rings is 1. The minimum atomic E-state index is -0.741. The molecule has 3 rings (SSSR count). The molecule has 0 aliphatic heterocycles. The van der Waals surface area contributed by atoms with Crippen molar-refractivity contribution in [3.05, 3.63) is 42.5 Å². The van der Waals surface area contributed by atoms with Crippen LogP contribution in [-0.4, -0.2) is 37.9 Å². The van der Waals surface area contributed by atoms with Gasteiger partial charge in [0.1, 0.15) is 12.7 Å². The van der Waals surface area contributed by atoms with Crippen LogP contribution in [-0.2, 0) is 11.3 Å². The Kier molecular flexibility index (Phi) is 5.27. The lowest BCUT2D eigenvalue weighted by molar-refractivity contribution is -0.142. The molecule has 0 bridgehead atoms. The number of aliphatic carboxylic acids is 1. The highest BCUT2D eigenvalue weighted by Crippen LogP contribution is 2.24. The van der Waals surface area contributed by atoms with E-state index in [4.69, 9.17) is 5.11 Å². The van der Waals surface area contributed by atoms with Crippen LogP contribution in [0, 0.1) is 5.92 Å². The summed E-state index contributed by atoms with van der Waals surface area (Å²) < 4.78 is 1.66. The van der Waals surface area contributed by atoms with E-state index in [9.17, 15) is 9.59 Å². The van der Waals surface area contributed by atoms with Gasteiger partial charge in [0.15, 0.2) is 0 Å². The number of rotatable bonds is 5. The van der Waals surface area contributed by atoms with Gasteiger partial charge in [0.2, 0.25) is 0 Å². The summed E-state index contributed by atoms with van der Waals surface area (Å²) in [6.45, 7) is 0.402. The molecule has 1 aliphatic carbocycles. The Hall–Kier alpha value is -2.90. The van der Waals surface area contributed by atoms with Gasteiger partial charge in [0.05, 0.1) is 11.6 Å². The Bertz CT molecular complexity index is 724. The third-order valence-electron chi connectivity index (χ3n) is 4.46. The number of carbonyl (C=O) groups excluding carboxylic acids is 1. The van der Waals surface area contributed by atoms with Gasteiger partial charge in [-0.25, -0.2) is 14.5 Å². The zero-order valence-electron chi connectivity index (χ0n) is 13.8. The number of carbonyl (C=O) groups is 2. The van der Waals surface area contributed by atoms with Crippen molar-refractivity contribution < 1.29 is 14.7 Å². The molecule has 2 aromatic rings. The highest BCUT2D eigenvalue weighted by Gasteiger charge is 2.26. The highest BCUT2D eigenvalue weighted by molar-refractivity contribution is 5.74. The number of nitrogens with one attached hydrogen (secondary N) is 2. The van der Waals surface area contributed by atoms with Crippen LogP contribution in [0.5, 0.6) is 0 Å². The average Bonchev–Trinajstić information content (AvgIpc) is 3.15. The van der Waals surface area contributed by atoms with Crippen LogP contribution in [0.15, 0.2) is 36.9 Å². The van der Waals surface area contributed by atoms with Crippen LogP contribution in [0.4, 0.5) is 4.79 Å². The van der Waals surface area contributed by atoms with E-state index in [1.165, 1.54) is 6.33 Å². The van der Waals surface area contributed by atoms with E-state index in [0.717, 1.165) is 11.3 Å². The topological polar surface area (TPSA) is 109 Å². The fraction of sp³-hybridized carbons (Fsp3) is 0.412. The molecule has 0 radical (unpaired) electrons. The van der Waals surface area contributed by atoms with Crippen molar-refractivity contribution >= 4 is 12.0 Å². The normalized spacial score (nSPS) is 20.0. The summed E-state index contributed by atoms with van der Waals surface area (Å²) in [6, 6.07) is 7.49. The van der Waals surface area contributed by atoms with E-state index < -0.39 is 5.97 Å². The van der Waals surface area contributed by atoms with Gasteiger partial charge in [-0.2, -0.15) is 5.10 Å². The number of nitrogens with zero attached hydrogens (tertiary/aromatic N) is 3. The van der Waals surface area contributed by atoms with Crippen LogP contribution in [0.2, 0.25) is 0 Å². The van der Waals surface area contributed by atoms with Crippen LogP contribution >= 0.6 is 0 Å². The molecule has 1 aliphatic rings. The van der Waals surface area contributed by atoms with Crippen molar-refractivity contribution in [2.24, 2.45) is 5.92 Å². The number of amides is 2. The Balaban J connectivity index is 1.47. The third kappa shape index (κ3) is 4.56. The first-order chi connectivity index (χ1) is 12.1. The van der Waals surface area contributed by atoms with Gasteiger partial charge >= 0.3 is 12.0 Å². The second-order valence-electron chi connectivity index (χ2n) is 6.22. The number of carboxylic acid groups (broad SMARTS) is 1. The average molecular weight is 343 g/mol. The van der Waals surface area contributed by atoms with Crippen LogP contribution in [0.3, 0.4) is 0 Å². The molecule has 8 nitrogen and oxygen atoms in total. The van der Waals surface area contributed by atoms with Gasteiger partial charge in [0, 0.05) is 12.6 Å². The molecule has 1 aromatic heterocycles. The summed E-state index contributed by atoms with van der Waals surface area (Å²) in [5.41, 5.74) is 1.84. The molecular weight excluding hydrogens is 322 g/mol. The summed E-state index contributed by atoms with van der Waals surface area (Å²) in [5.74, 6) is -1.02. The zero-order chi connectivity index (χ0) is 17.6. The van der Waals surface area contributed by atoms with Gasteiger partial charge in [-0.1, -0.05) is 12.1 Å². The monoisotopic (exact) mass is 343 g/mol. The minimum Gasteiger partial charge on any atom is -0.481 e. The maximum absolute atomic E-state index is 12.0. The first-order valence-corrected chi connectivity index (χ1v) is 8.33. The molecule has 132 valence electrons. The van der Waals surface area contributed by atoms with E-state index in [2.05, 4.69) is 20.7 Å². The Morgan fingerprint density at radius 3 is 2.72 bits per heavy atom. The predicted octanol–water partition coefficient (Wildman–Crippen LogP) is 1.71. The lowest BCUT2D eigenvalue weighted by Crippen LogP contribution is -2.43. The largest absolute Gasteiger partial charge is 0.481 e. The van der Waals surface area contributed by atoms with Gasteiger partial charge in [0.25, 0.3) is 0 Å². The summed E-state index contributed by atoms with van der Waals surface area (Å²) in [5, 5.41) is 18.8. The Morgan fingerprint density at radius 2 is 2.04 bits per heavy atom. The van der Waals surface area contributed by atoms with E-state index in [-0.39, 0.29) is 18.0 Å². The van der Waals surface area contributed by atoms with Gasteiger partial charge in [-0.05, 0) is 43.4 Å².